The molecule has 3 rings (SSSR count). The smallest absolute Gasteiger partial charge is 0.329 e. The Hall–Kier alpha value is -1.89. The van der Waals surface area contributed by atoms with Crippen molar-refractivity contribution in [3.63, 3.8) is 0 Å². The third-order valence-corrected chi connectivity index (χ3v) is 4.85. The van der Waals surface area contributed by atoms with E-state index in [1.165, 1.54) is 18.4 Å². The number of ether oxygens (including phenoxy) is 1. The first-order valence-corrected chi connectivity index (χ1v) is 7.16. The molecular formula is C13H14N2O4S. The summed E-state index contributed by atoms with van der Waals surface area (Å²) in [5.41, 5.74) is -0.677. The monoisotopic (exact) mass is 294 g/mol. The number of aryl methyl sites for hydroxylation is 1. The molecule has 2 aromatic rings. The van der Waals surface area contributed by atoms with Crippen molar-refractivity contribution >= 4 is 27.5 Å². The van der Waals surface area contributed by atoms with Gasteiger partial charge in [-0.15, -0.1) is 11.3 Å². The minimum absolute atomic E-state index is 0.0824. The standard InChI is InChI=1S/C13H14N2O4S/c1-7-5-20-9-8(7)10(16)15(12(18)14-9)6-13(3-4-13)11(17)19-2/h5H,3-4,6H2,1-2H3,(H,14,18). The van der Waals surface area contributed by atoms with Crippen LogP contribution in [-0.4, -0.2) is 22.6 Å². The van der Waals surface area contributed by atoms with E-state index in [2.05, 4.69) is 4.98 Å². The van der Waals surface area contributed by atoms with E-state index in [4.69, 9.17) is 4.74 Å². The molecule has 0 amide bonds. The molecule has 0 saturated heterocycles. The van der Waals surface area contributed by atoms with Crippen LogP contribution in [0, 0.1) is 12.3 Å². The number of aromatic nitrogens is 2. The number of thiophene rings is 1. The summed E-state index contributed by atoms with van der Waals surface area (Å²) in [6, 6.07) is 0. The zero-order valence-electron chi connectivity index (χ0n) is 11.2. The molecule has 6 nitrogen and oxygen atoms in total. The normalized spacial score (nSPS) is 16.3. The minimum atomic E-state index is -0.705. The van der Waals surface area contributed by atoms with Gasteiger partial charge in [-0.3, -0.25) is 19.1 Å². The maximum atomic E-state index is 12.4. The molecule has 0 unspecified atom stereocenters. The van der Waals surface area contributed by atoms with Crippen molar-refractivity contribution < 1.29 is 9.53 Å². The Labute approximate surface area is 118 Å². The van der Waals surface area contributed by atoms with Crippen LogP contribution in [0.2, 0.25) is 0 Å². The fourth-order valence-corrected chi connectivity index (χ4v) is 3.36. The van der Waals surface area contributed by atoms with Crippen molar-refractivity contribution in [3.8, 4) is 0 Å². The second-order valence-electron chi connectivity index (χ2n) is 5.22. The average molecular weight is 294 g/mol. The number of carbonyl (C=O) groups is 1. The lowest BCUT2D eigenvalue weighted by molar-refractivity contribution is -0.147. The molecule has 0 radical (unpaired) electrons. The van der Waals surface area contributed by atoms with Gasteiger partial charge >= 0.3 is 11.7 Å². The quantitative estimate of drug-likeness (QED) is 0.857. The summed E-state index contributed by atoms with van der Waals surface area (Å²) >= 11 is 1.33. The molecule has 0 atom stereocenters. The van der Waals surface area contributed by atoms with Gasteiger partial charge in [0.15, 0.2) is 0 Å². The Kier molecular flexibility index (Phi) is 2.82. The van der Waals surface area contributed by atoms with Gasteiger partial charge in [0, 0.05) is 6.54 Å². The number of hydrogen-bond donors (Lipinski definition) is 1. The number of H-pyrrole nitrogens is 1. The molecular weight excluding hydrogens is 280 g/mol. The number of rotatable bonds is 3. The highest BCUT2D eigenvalue weighted by atomic mass is 32.1. The molecule has 2 aromatic heterocycles. The number of hydrogen-bond acceptors (Lipinski definition) is 5. The summed E-state index contributed by atoms with van der Waals surface area (Å²) in [4.78, 5) is 39.5. The van der Waals surface area contributed by atoms with Gasteiger partial charge in [0.2, 0.25) is 0 Å². The molecule has 1 aliphatic carbocycles. The summed E-state index contributed by atoms with van der Waals surface area (Å²) in [6.45, 7) is 1.91. The molecule has 2 heterocycles. The van der Waals surface area contributed by atoms with E-state index < -0.39 is 11.1 Å². The molecule has 1 saturated carbocycles. The van der Waals surface area contributed by atoms with Crippen LogP contribution in [0.15, 0.2) is 15.0 Å². The molecule has 1 aliphatic rings. The van der Waals surface area contributed by atoms with Crippen molar-refractivity contribution in [1.29, 1.82) is 0 Å². The largest absolute Gasteiger partial charge is 0.469 e. The first-order chi connectivity index (χ1) is 9.48. The van der Waals surface area contributed by atoms with Gasteiger partial charge in [0.25, 0.3) is 5.56 Å². The number of methoxy groups -OCH3 is 1. The van der Waals surface area contributed by atoms with Crippen LogP contribution in [0.5, 0.6) is 0 Å². The van der Waals surface area contributed by atoms with Gasteiger partial charge in [-0.05, 0) is 30.7 Å². The number of nitrogens with zero attached hydrogens (tertiary/aromatic N) is 1. The summed E-state index contributed by atoms with van der Waals surface area (Å²) in [6.07, 6.45) is 1.29. The van der Waals surface area contributed by atoms with Crippen molar-refractivity contribution in [2.24, 2.45) is 5.41 Å². The Balaban J connectivity index is 2.13. The van der Waals surface area contributed by atoms with Crippen LogP contribution in [0.4, 0.5) is 0 Å². The van der Waals surface area contributed by atoms with Crippen LogP contribution in [0.1, 0.15) is 18.4 Å². The highest BCUT2D eigenvalue weighted by Crippen LogP contribution is 2.47. The Morgan fingerprint density at radius 3 is 2.80 bits per heavy atom. The molecule has 7 heteroatoms. The van der Waals surface area contributed by atoms with E-state index in [1.54, 1.807) is 0 Å². The lowest BCUT2D eigenvalue weighted by atomic mass is 10.1. The Bertz CT molecular complexity index is 810. The number of aromatic amines is 1. The molecule has 0 aromatic carbocycles. The molecule has 1 N–H and O–H groups in total. The van der Waals surface area contributed by atoms with Crippen LogP contribution < -0.4 is 11.2 Å². The predicted octanol–water partition coefficient (Wildman–Crippen LogP) is 1.01. The Morgan fingerprint density at radius 1 is 1.50 bits per heavy atom. The summed E-state index contributed by atoms with van der Waals surface area (Å²) in [5.74, 6) is -0.356. The van der Waals surface area contributed by atoms with Gasteiger partial charge in [-0.25, -0.2) is 4.79 Å². The molecule has 106 valence electrons. The van der Waals surface area contributed by atoms with Crippen LogP contribution >= 0.6 is 11.3 Å². The van der Waals surface area contributed by atoms with E-state index in [-0.39, 0.29) is 18.1 Å². The van der Waals surface area contributed by atoms with Gasteiger partial charge in [0.1, 0.15) is 4.83 Å². The highest BCUT2D eigenvalue weighted by molar-refractivity contribution is 7.16. The van der Waals surface area contributed by atoms with Crippen molar-refractivity contribution in [1.82, 2.24) is 9.55 Å². The first-order valence-electron chi connectivity index (χ1n) is 6.28. The van der Waals surface area contributed by atoms with Crippen molar-refractivity contribution in [2.45, 2.75) is 26.3 Å². The number of esters is 1. The van der Waals surface area contributed by atoms with E-state index in [1.807, 2.05) is 12.3 Å². The lowest BCUT2D eigenvalue weighted by Crippen LogP contribution is -2.39. The van der Waals surface area contributed by atoms with Gasteiger partial charge in [0.05, 0.1) is 17.9 Å². The van der Waals surface area contributed by atoms with Crippen LogP contribution in [-0.2, 0) is 16.1 Å². The summed E-state index contributed by atoms with van der Waals surface area (Å²) in [7, 11) is 1.32. The highest BCUT2D eigenvalue weighted by Gasteiger charge is 2.51. The van der Waals surface area contributed by atoms with Gasteiger partial charge in [-0.2, -0.15) is 0 Å². The van der Waals surface area contributed by atoms with Gasteiger partial charge < -0.3 is 4.74 Å². The van der Waals surface area contributed by atoms with Gasteiger partial charge in [-0.1, -0.05) is 0 Å². The van der Waals surface area contributed by atoms with E-state index in [0.717, 1.165) is 10.1 Å². The second-order valence-corrected chi connectivity index (χ2v) is 6.10. The lowest BCUT2D eigenvalue weighted by Gasteiger charge is -2.13. The molecule has 0 bridgehead atoms. The maximum absolute atomic E-state index is 12.4. The zero-order chi connectivity index (χ0) is 14.5. The first kappa shape index (κ1) is 13.1. The molecule has 1 fully saturated rings. The second kappa shape index (κ2) is 4.31. The van der Waals surface area contributed by atoms with E-state index in [0.29, 0.717) is 23.1 Å². The number of carbonyl (C=O) groups excluding carboxylic acids is 1. The third kappa shape index (κ3) is 1.81. The van der Waals surface area contributed by atoms with Crippen LogP contribution in [0.25, 0.3) is 10.2 Å². The van der Waals surface area contributed by atoms with Crippen molar-refractivity contribution in [2.75, 3.05) is 7.11 Å². The maximum Gasteiger partial charge on any atom is 0.329 e. The van der Waals surface area contributed by atoms with E-state index >= 15 is 0 Å². The van der Waals surface area contributed by atoms with Crippen LogP contribution in [0.3, 0.4) is 0 Å². The number of nitrogens with one attached hydrogen (secondary N) is 1. The zero-order valence-corrected chi connectivity index (χ0v) is 12.0. The number of fused-ring (bicyclic) bond motifs is 1. The van der Waals surface area contributed by atoms with E-state index in [9.17, 15) is 14.4 Å². The predicted molar refractivity (Wildman–Crippen MR) is 75.1 cm³/mol. The minimum Gasteiger partial charge on any atom is -0.469 e. The fraction of sp³-hybridized carbons (Fsp3) is 0.462. The summed E-state index contributed by atoms with van der Waals surface area (Å²) < 4.78 is 5.88. The topological polar surface area (TPSA) is 81.2 Å². The third-order valence-electron chi connectivity index (χ3n) is 3.83. The fourth-order valence-electron chi connectivity index (χ4n) is 2.43. The SMILES string of the molecule is COC(=O)C1(Cn2c(=O)[nH]c3scc(C)c3c2=O)CC1. The van der Waals surface area contributed by atoms with Crippen molar-refractivity contribution in [3.05, 3.63) is 31.8 Å². The molecule has 0 spiro atoms. The average Bonchev–Trinajstić information content (AvgIpc) is 3.12. The Morgan fingerprint density at radius 2 is 2.20 bits per heavy atom. The molecule has 0 aliphatic heterocycles. The summed E-state index contributed by atoms with van der Waals surface area (Å²) in [5, 5.41) is 2.36. The molecule has 20 heavy (non-hydrogen) atoms.